The van der Waals surface area contributed by atoms with Crippen LogP contribution in [0.3, 0.4) is 0 Å². The molecule has 1 aliphatic rings. The molecule has 0 unspecified atom stereocenters. The molecular weight excluding hydrogens is 296 g/mol. The monoisotopic (exact) mass is 318 g/mol. The van der Waals surface area contributed by atoms with Crippen molar-refractivity contribution in [3.8, 4) is 17.0 Å². The molecule has 22 heavy (non-hydrogen) atoms. The van der Waals surface area contributed by atoms with Gasteiger partial charge in [0.25, 0.3) is 0 Å². The maximum Gasteiger partial charge on any atom is 0.305 e. The second-order valence-electron chi connectivity index (χ2n) is 5.73. The number of hydrogen-bond acceptors (Lipinski definition) is 4. The SMILES string of the molecule is COc1ccc(-c2[nH]c(=O)sc2CN2CCCCCC2)cc1. The maximum absolute atomic E-state index is 11.8. The van der Waals surface area contributed by atoms with Gasteiger partial charge in [-0.2, -0.15) is 0 Å². The van der Waals surface area contributed by atoms with Gasteiger partial charge in [0.05, 0.1) is 12.8 Å². The van der Waals surface area contributed by atoms with Crippen molar-refractivity contribution in [2.45, 2.75) is 32.2 Å². The Morgan fingerprint density at radius 1 is 1.14 bits per heavy atom. The van der Waals surface area contributed by atoms with Gasteiger partial charge in [0, 0.05) is 11.4 Å². The van der Waals surface area contributed by atoms with Crippen LogP contribution in [0.4, 0.5) is 0 Å². The number of nitrogens with one attached hydrogen (secondary N) is 1. The van der Waals surface area contributed by atoms with Gasteiger partial charge in [-0.3, -0.25) is 9.69 Å². The molecule has 1 N–H and O–H groups in total. The summed E-state index contributed by atoms with van der Waals surface area (Å²) in [6.45, 7) is 3.13. The zero-order valence-electron chi connectivity index (χ0n) is 12.9. The first kappa shape index (κ1) is 15.3. The maximum atomic E-state index is 11.8. The first-order chi connectivity index (χ1) is 10.8. The normalized spacial score (nSPS) is 16.4. The van der Waals surface area contributed by atoms with Crippen LogP contribution < -0.4 is 9.61 Å². The van der Waals surface area contributed by atoms with Crippen molar-refractivity contribution in [1.29, 1.82) is 0 Å². The molecule has 0 atom stereocenters. The number of nitrogens with zero attached hydrogens (tertiary/aromatic N) is 1. The Morgan fingerprint density at radius 2 is 1.82 bits per heavy atom. The summed E-state index contributed by atoms with van der Waals surface area (Å²) >= 11 is 1.34. The van der Waals surface area contributed by atoms with Crippen molar-refractivity contribution >= 4 is 11.3 Å². The predicted octanol–water partition coefficient (Wildman–Crippen LogP) is 3.49. The van der Waals surface area contributed by atoms with Gasteiger partial charge >= 0.3 is 4.87 Å². The number of aromatic nitrogens is 1. The molecule has 0 amide bonds. The summed E-state index contributed by atoms with van der Waals surface area (Å²) in [6.07, 6.45) is 5.17. The van der Waals surface area contributed by atoms with Gasteiger partial charge in [0.1, 0.15) is 5.75 Å². The van der Waals surface area contributed by atoms with E-state index in [1.54, 1.807) is 7.11 Å². The molecule has 1 aromatic heterocycles. The summed E-state index contributed by atoms with van der Waals surface area (Å²) in [7, 11) is 1.66. The minimum atomic E-state index is 0.0237. The van der Waals surface area contributed by atoms with Crippen LogP contribution in [-0.2, 0) is 6.54 Å². The van der Waals surface area contributed by atoms with E-state index in [2.05, 4.69) is 9.88 Å². The van der Waals surface area contributed by atoms with E-state index in [0.29, 0.717) is 0 Å². The fourth-order valence-electron chi connectivity index (χ4n) is 2.96. The summed E-state index contributed by atoms with van der Waals surface area (Å²) in [5.41, 5.74) is 2.01. The second-order valence-corrected chi connectivity index (χ2v) is 6.80. The molecule has 118 valence electrons. The Kier molecular flexibility index (Phi) is 4.95. The first-order valence-corrected chi connectivity index (χ1v) is 8.66. The number of rotatable bonds is 4. The van der Waals surface area contributed by atoms with Gasteiger partial charge in [-0.25, -0.2) is 0 Å². The van der Waals surface area contributed by atoms with Crippen LogP contribution in [0.5, 0.6) is 5.75 Å². The van der Waals surface area contributed by atoms with Gasteiger partial charge < -0.3 is 9.72 Å². The van der Waals surface area contributed by atoms with E-state index in [1.165, 1.54) is 37.0 Å². The summed E-state index contributed by atoms with van der Waals surface area (Å²) in [6, 6.07) is 7.87. The van der Waals surface area contributed by atoms with E-state index < -0.39 is 0 Å². The van der Waals surface area contributed by atoms with E-state index in [0.717, 1.165) is 41.5 Å². The fourth-order valence-corrected chi connectivity index (χ4v) is 3.85. The zero-order valence-corrected chi connectivity index (χ0v) is 13.7. The zero-order chi connectivity index (χ0) is 15.4. The Morgan fingerprint density at radius 3 is 2.45 bits per heavy atom. The van der Waals surface area contributed by atoms with Crippen LogP contribution in [0.1, 0.15) is 30.6 Å². The van der Waals surface area contributed by atoms with E-state index in [1.807, 2.05) is 24.3 Å². The van der Waals surface area contributed by atoms with Gasteiger partial charge in [-0.15, -0.1) is 0 Å². The van der Waals surface area contributed by atoms with Crippen LogP contribution in [0, 0.1) is 0 Å². The van der Waals surface area contributed by atoms with Crippen LogP contribution in [0.2, 0.25) is 0 Å². The van der Waals surface area contributed by atoms with Crippen molar-refractivity contribution in [3.63, 3.8) is 0 Å². The number of aromatic amines is 1. The molecule has 1 saturated heterocycles. The highest BCUT2D eigenvalue weighted by Gasteiger charge is 2.15. The van der Waals surface area contributed by atoms with Crippen molar-refractivity contribution < 1.29 is 4.74 Å². The van der Waals surface area contributed by atoms with Gasteiger partial charge in [-0.1, -0.05) is 24.2 Å². The summed E-state index contributed by atoms with van der Waals surface area (Å²) in [5.74, 6) is 0.829. The molecule has 1 aliphatic heterocycles. The van der Waals surface area contributed by atoms with Crippen LogP contribution >= 0.6 is 11.3 Å². The molecule has 0 saturated carbocycles. The van der Waals surface area contributed by atoms with E-state index in [4.69, 9.17) is 4.74 Å². The average molecular weight is 318 g/mol. The molecule has 2 heterocycles. The van der Waals surface area contributed by atoms with Crippen molar-refractivity contribution in [1.82, 2.24) is 9.88 Å². The lowest BCUT2D eigenvalue weighted by atomic mass is 10.1. The number of thiazole rings is 1. The molecule has 1 aromatic carbocycles. The number of methoxy groups -OCH3 is 1. The minimum absolute atomic E-state index is 0.0237. The fraction of sp³-hybridized carbons (Fsp3) is 0.471. The number of benzene rings is 1. The Hall–Kier alpha value is -1.59. The van der Waals surface area contributed by atoms with Crippen molar-refractivity contribution in [2.75, 3.05) is 20.2 Å². The molecule has 3 rings (SSSR count). The van der Waals surface area contributed by atoms with E-state index >= 15 is 0 Å². The van der Waals surface area contributed by atoms with Crippen LogP contribution in [0.15, 0.2) is 29.1 Å². The largest absolute Gasteiger partial charge is 0.497 e. The lowest BCUT2D eigenvalue weighted by Crippen LogP contribution is -2.23. The van der Waals surface area contributed by atoms with E-state index in [-0.39, 0.29) is 4.87 Å². The molecule has 0 spiro atoms. The van der Waals surface area contributed by atoms with E-state index in [9.17, 15) is 4.79 Å². The summed E-state index contributed by atoms with van der Waals surface area (Å²) in [5, 5.41) is 0. The average Bonchev–Trinajstić information content (AvgIpc) is 2.74. The molecule has 0 bridgehead atoms. The Bertz CT molecular complexity index is 652. The first-order valence-electron chi connectivity index (χ1n) is 7.85. The standard InChI is InChI=1S/C17H22N2O2S/c1-21-14-8-6-13(7-9-14)16-15(22-17(20)18-16)12-19-10-4-2-3-5-11-19/h6-9H,2-5,10-12H2,1H3,(H,18,20). The summed E-state index contributed by atoms with van der Waals surface area (Å²) < 4.78 is 5.20. The lowest BCUT2D eigenvalue weighted by molar-refractivity contribution is 0.279. The quantitative estimate of drug-likeness (QED) is 0.938. The Labute approximate surface area is 134 Å². The highest BCUT2D eigenvalue weighted by atomic mass is 32.1. The van der Waals surface area contributed by atoms with Gasteiger partial charge in [0.2, 0.25) is 0 Å². The van der Waals surface area contributed by atoms with Gasteiger partial charge in [-0.05, 0) is 55.8 Å². The lowest BCUT2D eigenvalue weighted by Gasteiger charge is -2.19. The van der Waals surface area contributed by atoms with Crippen molar-refractivity contribution in [3.05, 3.63) is 38.8 Å². The number of likely N-dealkylation sites (tertiary alicyclic amines) is 1. The topological polar surface area (TPSA) is 45.3 Å². The highest BCUT2D eigenvalue weighted by Crippen LogP contribution is 2.27. The predicted molar refractivity (Wildman–Crippen MR) is 90.7 cm³/mol. The molecule has 0 radical (unpaired) electrons. The third-order valence-corrected chi connectivity index (χ3v) is 5.03. The molecule has 0 aliphatic carbocycles. The smallest absolute Gasteiger partial charge is 0.305 e. The summed E-state index contributed by atoms with van der Waals surface area (Å²) in [4.78, 5) is 18.5. The van der Waals surface area contributed by atoms with Gasteiger partial charge in [0.15, 0.2) is 0 Å². The Balaban J connectivity index is 1.83. The second kappa shape index (κ2) is 7.11. The molecule has 4 nitrogen and oxygen atoms in total. The molecule has 5 heteroatoms. The van der Waals surface area contributed by atoms with Crippen molar-refractivity contribution in [2.24, 2.45) is 0 Å². The van der Waals surface area contributed by atoms with Crippen LogP contribution in [-0.4, -0.2) is 30.1 Å². The minimum Gasteiger partial charge on any atom is -0.497 e. The number of hydrogen-bond donors (Lipinski definition) is 1. The third kappa shape index (κ3) is 3.59. The molecule has 1 fully saturated rings. The van der Waals surface area contributed by atoms with Crippen LogP contribution in [0.25, 0.3) is 11.3 Å². The molecule has 2 aromatic rings. The molecular formula is C17H22N2O2S. The number of H-pyrrole nitrogens is 1. The highest BCUT2D eigenvalue weighted by molar-refractivity contribution is 7.09. The third-order valence-electron chi connectivity index (χ3n) is 4.17. The number of ether oxygens (including phenoxy) is 1.